The van der Waals surface area contributed by atoms with Crippen LogP contribution in [0.3, 0.4) is 0 Å². The first-order valence-electron chi connectivity index (χ1n) is 6.93. The van der Waals surface area contributed by atoms with E-state index in [0.717, 1.165) is 42.6 Å². The molecular weight excluding hydrogens is 240 g/mol. The SMILES string of the molecule is CCOC(=O)Cc1coc2c1C1=C(CCC=C1)CC2. The number of hydrogen-bond acceptors (Lipinski definition) is 3. The van der Waals surface area contributed by atoms with Gasteiger partial charge < -0.3 is 9.15 Å². The fourth-order valence-electron chi connectivity index (χ4n) is 2.94. The molecule has 0 N–H and O–H groups in total. The highest BCUT2D eigenvalue weighted by Gasteiger charge is 2.25. The summed E-state index contributed by atoms with van der Waals surface area (Å²) in [5.41, 5.74) is 4.89. The molecule has 0 saturated carbocycles. The van der Waals surface area contributed by atoms with E-state index >= 15 is 0 Å². The maximum absolute atomic E-state index is 11.7. The molecule has 1 aromatic heterocycles. The maximum Gasteiger partial charge on any atom is 0.310 e. The molecule has 0 unspecified atom stereocenters. The Kier molecular flexibility index (Phi) is 3.28. The Morgan fingerprint density at radius 2 is 2.26 bits per heavy atom. The smallest absolute Gasteiger partial charge is 0.310 e. The fourth-order valence-corrected chi connectivity index (χ4v) is 2.94. The van der Waals surface area contributed by atoms with E-state index in [9.17, 15) is 4.79 Å². The van der Waals surface area contributed by atoms with Crippen molar-refractivity contribution in [1.82, 2.24) is 0 Å². The van der Waals surface area contributed by atoms with E-state index in [-0.39, 0.29) is 5.97 Å². The van der Waals surface area contributed by atoms with Crippen molar-refractivity contribution < 1.29 is 13.9 Å². The molecule has 1 heterocycles. The second kappa shape index (κ2) is 5.08. The molecule has 0 aromatic carbocycles. The van der Waals surface area contributed by atoms with Crippen molar-refractivity contribution in [2.75, 3.05) is 6.61 Å². The van der Waals surface area contributed by atoms with Crippen LogP contribution < -0.4 is 0 Å². The number of fused-ring (bicyclic) bond motifs is 2. The van der Waals surface area contributed by atoms with Crippen LogP contribution in [0.4, 0.5) is 0 Å². The van der Waals surface area contributed by atoms with Gasteiger partial charge in [0.2, 0.25) is 0 Å². The molecule has 3 nitrogen and oxygen atoms in total. The van der Waals surface area contributed by atoms with Gasteiger partial charge in [0.05, 0.1) is 19.3 Å². The number of furan rings is 1. The van der Waals surface area contributed by atoms with Crippen molar-refractivity contribution in [2.45, 2.75) is 39.0 Å². The van der Waals surface area contributed by atoms with Gasteiger partial charge in [-0.05, 0) is 31.8 Å². The first-order chi connectivity index (χ1) is 9.29. The zero-order valence-corrected chi connectivity index (χ0v) is 11.2. The molecule has 0 aliphatic heterocycles. The number of esters is 1. The predicted octanol–water partition coefficient (Wildman–Crippen LogP) is 3.44. The summed E-state index contributed by atoms with van der Waals surface area (Å²) in [6.45, 7) is 2.25. The highest BCUT2D eigenvalue weighted by Crippen LogP contribution is 2.39. The van der Waals surface area contributed by atoms with E-state index in [2.05, 4.69) is 12.2 Å². The number of aryl methyl sites for hydroxylation is 1. The van der Waals surface area contributed by atoms with Crippen LogP contribution >= 0.6 is 0 Å². The van der Waals surface area contributed by atoms with E-state index in [1.54, 1.807) is 6.26 Å². The molecule has 0 atom stereocenters. The molecule has 0 fully saturated rings. The van der Waals surface area contributed by atoms with Gasteiger partial charge in [-0.1, -0.05) is 17.7 Å². The Labute approximate surface area is 112 Å². The van der Waals surface area contributed by atoms with Gasteiger partial charge in [0.1, 0.15) is 5.76 Å². The van der Waals surface area contributed by atoms with Crippen LogP contribution in [0.1, 0.15) is 43.1 Å². The Bertz CT molecular complexity index is 561. The predicted molar refractivity (Wildman–Crippen MR) is 72.7 cm³/mol. The minimum absolute atomic E-state index is 0.182. The topological polar surface area (TPSA) is 39.4 Å². The van der Waals surface area contributed by atoms with Crippen molar-refractivity contribution in [3.63, 3.8) is 0 Å². The summed E-state index contributed by atoms with van der Waals surface area (Å²) >= 11 is 0. The van der Waals surface area contributed by atoms with Crippen molar-refractivity contribution in [3.8, 4) is 0 Å². The lowest BCUT2D eigenvalue weighted by Crippen LogP contribution is -2.10. The molecule has 3 heteroatoms. The van der Waals surface area contributed by atoms with Crippen molar-refractivity contribution in [1.29, 1.82) is 0 Å². The second-order valence-electron chi connectivity index (χ2n) is 5.00. The number of hydrogen-bond donors (Lipinski definition) is 0. The van der Waals surface area contributed by atoms with Crippen LogP contribution in [0.5, 0.6) is 0 Å². The van der Waals surface area contributed by atoms with Crippen molar-refractivity contribution in [3.05, 3.63) is 40.9 Å². The number of ether oxygens (including phenoxy) is 1. The van der Waals surface area contributed by atoms with Crippen molar-refractivity contribution >= 4 is 11.5 Å². The lowest BCUT2D eigenvalue weighted by atomic mass is 9.83. The zero-order valence-electron chi connectivity index (χ0n) is 11.2. The van der Waals surface area contributed by atoms with Gasteiger partial charge in [0.25, 0.3) is 0 Å². The summed E-state index contributed by atoms with van der Waals surface area (Å²) in [4.78, 5) is 11.7. The molecule has 0 bridgehead atoms. The first kappa shape index (κ1) is 12.3. The molecule has 19 heavy (non-hydrogen) atoms. The van der Waals surface area contributed by atoms with Crippen molar-refractivity contribution in [2.24, 2.45) is 0 Å². The normalized spacial score (nSPS) is 17.1. The molecular formula is C16H18O3. The minimum atomic E-state index is -0.182. The third kappa shape index (κ3) is 2.25. The summed E-state index contributed by atoms with van der Waals surface area (Å²) in [6, 6.07) is 0. The summed E-state index contributed by atoms with van der Waals surface area (Å²) in [7, 11) is 0. The molecule has 2 aliphatic carbocycles. The number of carbonyl (C=O) groups excluding carboxylic acids is 1. The van der Waals surface area contributed by atoms with Gasteiger partial charge in [-0.15, -0.1) is 0 Å². The Hall–Kier alpha value is -1.77. The van der Waals surface area contributed by atoms with Crippen LogP contribution in [0.25, 0.3) is 5.57 Å². The summed E-state index contributed by atoms with van der Waals surface area (Å²) < 4.78 is 10.7. The summed E-state index contributed by atoms with van der Waals surface area (Å²) in [5, 5.41) is 0. The van der Waals surface area contributed by atoms with Gasteiger partial charge in [-0.25, -0.2) is 0 Å². The molecule has 2 aliphatic rings. The first-order valence-corrected chi connectivity index (χ1v) is 6.93. The molecule has 0 radical (unpaired) electrons. The van der Waals surface area contributed by atoms with Gasteiger partial charge in [-0.2, -0.15) is 0 Å². The van der Waals surface area contributed by atoms with E-state index < -0.39 is 0 Å². The molecule has 0 amide bonds. The van der Waals surface area contributed by atoms with Crippen LogP contribution in [0, 0.1) is 0 Å². The van der Waals surface area contributed by atoms with Crippen LogP contribution in [0.2, 0.25) is 0 Å². The molecule has 3 rings (SSSR count). The average molecular weight is 258 g/mol. The van der Waals surface area contributed by atoms with Crippen LogP contribution in [-0.2, 0) is 22.4 Å². The minimum Gasteiger partial charge on any atom is -0.468 e. The number of rotatable bonds is 3. The third-order valence-corrected chi connectivity index (χ3v) is 3.78. The largest absolute Gasteiger partial charge is 0.468 e. The fraction of sp³-hybridized carbons (Fsp3) is 0.438. The van der Waals surface area contributed by atoms with Gasteiger partial charge >= 0.3 is 5.97 Å². The van der Waals surface area contributed by atoms with E-state index in [0.29, 0.717) is 13.0 Å². The van der Waals surface area contributed by atoms with Crippen LogP contribution in [-0.4, -0.2) is 12.6 Å². The van der Waals surface area contributed by atoms with Crippen LogP contribution in [0.15, 0.2) is 28.4 Å². The number of allylic oxidation sites excluding steroid dienone is 4. The van der Waals surface area contributed by atoms with E-state index in [1.807, 2.05) is 6.92 Å². The molecule has 100 valence electrons. The summed E-state index contributed by atoms with van der Waals surface area (Å²) in [6.07, 6.45) is 10.7. The Balaban J connectivity index is 1.94. The average Bonchev–Trinajstić information content (AvgIpc) is 2.82. The lowest BCUT2D eigenvalue weighted by Gasteiger charge is -2.21. The van der Waals surface area contributed by atoms with Gasteiger partial charge in [0, 0.05) is 17.5 Å². The van der Waals surface area contributed by atoms with Gasteiger partial charge in [0.15, 0.2) is 0 Å². The highest BCUT2D eigenvalue weighted by molar-refractivity contribution is 5.84. The molecule has 1 aromatic rings. The standard InChI is InChI=1S/C16H18O3/c1-2-18-15(17)9-12-10-19-14-8-7-11-5-3-4-6-13(11)16(12)14/h4,6,10H,2-3,5,7-9H2,1H3. The monoisotopic (exact) mass is 258 g/mol. The quantitative estimate of drug-likeness (QED) is 0.780. The second-order valence-corrected chi connectivity index (χ2v) is 5.00. The Morgan fingerprint density at radius 3 is 3.11 bits per heavy atom. The zero-order chi connectivity index (χ0) is 13.2. The highest BCUT2D eigenvalue weighted by atomic mass is 16.5. The lowest BCUT2D eigenvalue weighted by molar-refractivity contribution is -0.142. The number of carbonyl (C=O) groups is 1. The maximum atomic E-state index is 11.7. The molecule has 0 spiro atoms. The Morgan fingerprint density at radius 1 is 1.37 bits per heavy atom. The third-order valence-electron chi connectivity index (χ3n) is 3.78. The summed E-state index contributed by atoms with van der Waals surface area (Å²) in [5.74, 6) is 0.836. The molecule has 0 saturated heterocycles. The van der Waals surface area contributed by atoms with Gasteiger partial charge in [-0.3, -0.25) is 4.79 Å². The van der Waals surface area contributed by atoms with E-state index in [1.165, 1.54) is 11.1 Å². The van der Waals surface area contributed by atoms with E-state index in [4.69, 9.17) is 9.15 Å².